The molecule has 1 aliphatic carbocycles. The highest BCUT2D eigenvalue weighted by atomic mass is 35.5. The zero-order valence-electron chi connectivity index (χ0n) is 42.3. The Hall–Kier alpha value is -6.15. The molecule has 0 radical (unpaired) electrons. The van der Waals surface area contributed by atoms with Crippen LogP contribution in [0.4, 0.5) is 16.2 Å². The number of piperidine rings is 2. The molecule has 4 atom stereocenters. The standard InChI is InChI=1S/C58H67ClN6O7/c1-36(2)50(71-51-33-42(70-6)18-19-46(51)59)25-28-62-26-21-40(22-27-62)64-48-20-17-37(31-45(48)57(3,54(64)67)34-52(66)60-5)35-61-56(69)72-58(4)44-15-7-8-16-47(44)65(55(58)68)41-23-29-63(30-24-41)49-32-39-13-9-11-38-12-10-14-43(49)53(38)39/h7-20,31,33,36,40-41,49-50H,21-30,32,34-35H2,1-6H3,(H,60,66)(H,61,69). The van der Waals surface area contributed by atoms with Gasteiger partial charge in [0.15, 0.2) is 0 Å². The predicted octanol–water partition coefficient (Wildman–Crippen LogP) is 9.45. The number of benzene rings is 5. The largest absolute Gasteiger partial charge is 0.497 e. The van der Waals surface area contributed by atoms with Crippen LogP contribution >= 0.6 is 11.6 Å². The van der Waals surface area contributed by atoms with Gasteiger partial charge in [-0.25, -0.2) is 4.79 Å². The molecular weight excluding hydrogens is 928 g/mol. The number of rotatable bonds is 15. The zero-order valence-corrected chi connectivity index (χ0v) is 43.1. The number of anilines is 2. The lowest BCUT2D eigenvalue weighted by atomic mass is 9.79. The molecule has 4 unspecified atom stereocenters. The van der Waals surface area contributed by atoms with Crippen molar-refractivity contribution in [1.82, 2.24) is 20.4 Å². The number of amides is 4. The number of alkyl carbamates (subject to hydrolysis) is 1. The molecule has 4 heterocycles. The van der Waals surface area contributed by atoms with Gasteiger partial charge < -0.3 is 39.5 Å². The fourth-order valence-corrected chi connectivity index (χ4v) is 12.4. The molecule has 72 heavy (non-hydrogen) atoms. The molecule has 0 aromatic heterocycles. The van der Waals surface area contributed by atoms with Gasteiger partial charge in [0.1, 0.15) is 17.6 Å². The maximum Gasteiger partial charge on any atom is 0.408 e. The maximum absolute atomic E-state index is 14.7. The van der Waals surface area contributed by atoms with Gasteiger partial charge in [0.05, 0.1) is 23.2 Å². The summed E-state index contributed by atoms with van der Waals surface area (Å²) in [6.45, 7) is 12.1. The number of ether oxygens (including phenoxy) is 3. The van der Waals surface area contributed by atoms with E-state index in [1.165, 1.54) is 21.9 Å². The number of carbonyl (C=O) groups is 4. The van der Waals surface area contributed by atoms with E-state index in [0.29, 0.717) is 28.1 Å². The predicted molar refractivity (Wildman–Crippen MR) is 281 cm³/mol. The van der Waals surface area contributed by atoms with Crippen molar-refractivity contribution < 1.29 is 33.4 Å². The van der Waals surface area contributed by atoms with Crippen LogP contribution < -0.4 is 29.9 Å². The molecule has 0 bridgehead atoms. The summed E-state index contributed by atoms with van der Waals surface area (Å²) in [4.78, 5) is 65.0. The van der Waals surface area contributed by atoms with Crippen LogP contribution in [0.1, 0.15) is 100 Å². The Bertz CT molecular complexity index is 2890. The first-order valence-electron chi connectivity index (χ1n) is 25.8. The summed E-state index contributed by atoms with van der Waals surface area (Å²) in [5.74, 6) is 0.978. The molecule has 378 valence electrons. The Balaban J connectivity index is 0.779. The normalized spacial score (nSPS) is 22.9. The van der Waals surface area contributed by atoms with Crippen molar-refractivity contribution in [3.8, 4) is 11.5 Å². The van der Waals surface area contributed by atoms with Crippen molar-refractivity contribution in [3.63, 3.8) is 0 Å². The second-order valence-corrected chi connectivity index (χ2v) is 21.5. The summed E-state index contributed by atoms with van der Waals surface area (Å²) in [6, 6.07) is 32.3. The molecule has 0 spiro atoms. The first kappa shape index (κ1) is 49.4. The van der Waals surface area contributed by atoms with Gasteiger partial charge in [-0.05, 0) is 116 Å². The average Bonchev–Trinajstić information content (AvgIpc) is 3.95. The fraction of sp³-hybridized carbons (Fsp3) is 0.448. The van der Waals surface area contributed by atoms with E-state index in [0.717, 1.165) is 93.8 Å². The number of nitrogens with zero attached hydrogens (tertiary/aromatic N) is 4. The summed E-state index contributed by atoms with van der Waals surface area (Å²) < 4.78 is 18.0. The van der Waals surface area contributed by atoms with Crippen LogP contribution in [0.2, 0.25) is 5.02 Å². The highest BCUT2D eigenvalue weighted by molar-refractivity contribution is 6.32. The number of nitrogens with one attached hydrogen (secondary N) is 2. The molecule has 10 rings (SSSR count). The first-order valence-corrected chi connectivity index (χ1v) is 26.1. The highest BCUT2D eigenvalue weighted by Crippen LogP contribution is 2.48. The van der Waals surface area contributed by atoms with Gasteiger partial charge in [0, 0.05) is 88.2 Å². The fourth-order valence-electron chi connectivity index (χ4n) is 12.3. The number of halogens is 1. The van der Waals surface area contributed by atoms with Gasteiger partial charge in [-0.1, -0.05) is 92.2 Å². The molecule has 4 aliphatic heterocycles. The quantitative estimate of drug-likeness (QED) is 0.105. The lowest BCUT2D eigenvalue weighted by Crippen LogP contribution is -2.51. The highest BCUT2D eigenvalue weighted by Gasteiger charge is 2.54. The number of fused-ring (bicyclic) bond motifs is 2. The summed E-state index contributed by atoms with van der Waals surface area (Å²) in [7, 11) is 3.20. The summed E-state index contributed by atoms with van der Waals surface area (Å²) >= 11 is 6.50. The van der Waals surface area contributed by atoms with E-state index in [2.05, 4.69) is 70.7 Å². The molecule has 5 aromatic rings. The van der Waals surface area contributed by atoms with Gasteiger partial charge in [-0.3, -0.25) is 19.3 Å². The van der Waals surface area contributed by atoms with Crippen LogP contribution in [0.25, 0.3) is 10.8 Å². The number of likely N-dealkylation sites (tertiary alicyclic amines) is 2. The van der Waals surface area contributed by atoms with Crippen molar-refractivity contribution in [2.24, 2.45) is 5.92 Å². The molecule has 4 amide bonds. The van der Waals surface area contributed by atoms with Crippen molar-refractivity contribution in [2.45, 2.75) is 114 Å². The SMILES string of the molecule is CNC(=O)CC1(C)C(=O)N(C2CCN(CCC(Oc3cc(OC)ccc3Cl)C(C)C)CC2)c2ccc(CNC(=O)OC3(C)C(=O)N(C4CCN(C5Cc6cccc7cccc5c67)CC4)c4ccccc43)cc21. The van der Waals surface area contributed by atoms with E-state index in [1.54, 1.807) is 27.1 Å². The third-order valence-electron chi connectivity index (χ3n) is 16.3. The van der Waals surface area contributed by atoms with Crippen LogP contribution in [0.3, 0.4) is 0 Å². The van der Waals surface area contributed by atoms with Crippen molar-refractivity contribution >= 4 is 57.6 Å². The molecule has 14 heteroatoms. The Morgan fingerprint density at radius 1 is 0.806 bits per heavy atom. The zero-order chi connectivity index (χ0) is 50.5. The molecule has 2 N–H and O–H groups in total. The Morgan fingerprint density at radius 2 is 1.50 bits per heavy atom. The molecule has 13 nitrogen and oxygen atoms in total. The van der Waals surface area contributed by atoms with Gasteiger partial charge in [0.2, 0.25) is 17.4 Å². The second kappa shape index (κ2) is 20.0. The lowest BCUT2D eigenvalue weighted by Gasteiger charge is -2.40. The number of hydrogen-bond acceptors (Lipinski definition) is 9. The van der Waals surface area contributed by atoms with E-state index in [-0.39, 0.29) is 54.8 Å². The monoisotopic (exact) mass is 994 g/mol. The van der Waals surface area contributed by atoms with E-state index >= 15 is 0 Å². The third-order valence-corrected chi connectivity index (χ3v) is 16.7. The smallest absolute Gasteiger partial charge is 0.408 e. The Kier molecular flexibility index (Phi) is 13.8. The van der Waals surface area contributed by atoms with Crippen LogP contribution in [-0.2, 0) is 43.1 Å². The first-order chi connectivity index (χ1) is 34.7. The van der Waals surface area contributed by atoms with Crippen molar-refractivity contribution in [3.05, 3.63) is 130 Å². The van der Waals surface area contributed by atoms with E-state index in [4.69, 9.17) is 25.8 Å². The van der Waals surface area contributed by atoms with Gasteiger partial charge >= 0.3 is 6.09 Å². The average molecular weight is 996 g/mol. The minimum absolute atomic E-state index is 0.0156. The van der Waals surface area contributed by atoms with Crippen LogP contribution in [0, 0.1) is 5.92 Å². The molecule has 5 aromatic carbocycles. The number of carbonyl (C=O) groups excluding carboxylic acids is 4. The summed E-state index contributed by atoms with van der Waals surface area (Å²) in [6.07, 6.45) is 4.17. The molecule has 0 saturated carbocycles. The van der Waals surface area contributed by atoms with E-state index in [1.807, 2.05) is 71.3 Å². The number of methoxy groups -OCH3 is 1. The topological polar surface area (TPSA) is 133 Å². The van der Waals surface area contributed by atoms with E-state index < -0.39 is 17.1 Å². The molecule has 2 saturated heterocycles. The minimum Gasteiger partial charge on any atom is -0.497 e. The Labute approximate surface area is 428 Å². The van der Waals surface area contributed by atoms with Gasteiger partial charge in [-0.2, -0.15) is 0 Å². The molecular formula is C58H67ClN6O7. The molecule has 2 fully saturated rings. The van der Waals surface area contributed by atoms with Gasteiger partial charge in [-0.15, -0.1) is 0 Å². The molecule has 5 aliphatic rings. The summed E-state index contributed by atoms with van der Waals surface area (Å²) in [5, 5.41) is 8.86. The number of hydrogen-bond donors (Lipinski definition) is 2. The van der Waals surface area contributed by atoms with Crippen LogP contribution in [-0.4, -0.2) is 98.7 Å². The maximum atomic E-state index is 14.7. The van der Waals surface area contributed by atoms with Crippen LogP contribution in [0.5, 0.6) is 11.5 Å². The number of para-hydroxylation sites is 1. The third kappa shape index (κ3) is 9.06. The Morgan fingerprint density at radius 3 is 2.22 bits per heavy atom. The van der Waals surface area contributed by atoms with Crippen LogP contribution in [0.15, 0.2) is 97.1 Å². The summed E-state index contributed by atoms with van der Waals surface area (Å²) in [5.41, 5.74) is 3.89. The minimum atomic E-state index is -1.53. The van der Waals surface area contributed by atoms with Crippen molar-refractivity contribution in [1.29, 1.82) is 0 Å². The van der Waals surface area contributed by atoms with Crippen molar-refractivity contribution in [2.75, 3.05) is 56.7 Å². The second-order valence-electron chi connectivity index (χ2n) is 21.1. The van der Waals surface area contributed by atoms with Gasteiger partial charge in [0.25, 0.3) is 5.91 Å². The lowest BCUT2D eigenvalue weighted by molar-refractivity contribution is -0.135. The van der Waals surface area contributed by atoms with E-state index in [9.17, 15) is 19.2 Å².